The molecular weight excluding hydrogens is 160 g/mol. The molecule has 0 heterocycles. The summed E-state index contributed by atoms with van der Waals surface area (Å²) in [6.07, 6.45) is 9.06. The lowest BCUT2D eigenvalue weighted by molar-refractivity contribution is 0.325. The number of terminal acetylenes is 1. The van der Waals surface area contributed by atoms with Crippen LogP contribution in [0.2, 0.25) is 0 Å². The Morgan fingerprint density at radius 1 is 1.31 bits per heavy atom. The van der Waals surface area contributed by atoms with Crippen LogP contribution in [0.4, 0.5) is 0 Å². The van der Waals surface area contributed by atoms with E-state index in [4.69, 9.17) is 6.42 Å². The molecule has 0 amide bonds. The minimum absolute atomic E-state index is 0.683. The van der Waals surface area contributed by atoms with E-state index in [2.05, 4.69) is 30.1 Å². The summed E-state index contributed by atoms with van der Waals surface area (Å²) in [7, 11) is 2.16. The minimum atomic E-state index is 0.683. The predicted octanol–water partition coefficient (Wildman–Crippen LogP) is 1.33. The highest BCUT2D eigenvalue weighted by Gasteiger charge is 1.95. The van der Waals surface area contributed by atoms with Crippen LogP contribution in [0.1, 0.15) is 26.2 Å². The van der Waals surface area contributed by atoms with E-state index in [0.29, 0.717) is 6.54 Å². The molecule has 0 rings (SSSR count). The second-order valence-electron chi connectivity index (χ2n) is 3.39. The van der Waals surface area contributed by atoms with Crippen molar-refractivity contribution in [3.05, 3.63) is 0 Å². The molecule has 0 atom stereocenters. The van der Waals surface area contributed by atoms with E-state index < -0.39 is 0 Å². The number of rotatable bonds is 8. The molecule has 0 unspecified atom stereocenters. The highest BCUT2D eigenvalue weighted by atomic mass is 15.1. The fourth-order valence-corrected chi connectivity index (χ4v) is 1.17. The summed E-state index contributed by atoms with van der Waals surface area (Å²) in [5.41, 5.74) is 0. The zero-order valence-corrected chi connectivity index (χ0v) is 8.97. The second-order valence-corrected chi connectivity index (χ2v) is 3.39. The van der Waals surface area contributed by atoms with Crippen LogP contribution in [-0.2, 0) is 0 Å². The molecule has 0 aliphatic rings. The monoisotopic (exact) mass is 182 g/mol. The Morgan fingerprint density at radius 2 is 2.08 bits per heavy atom. The van der Waals surface area contributed by atoms with Gasteiger partial charge in [-0.05, 0) is 20.0 Å². The van der Waals surface area contributed by atoms with E-state index in [1.165, 1.54) is 25.8 Å². The first-order chi connectivity index (χ1) is 6.31. The molecule has 13 heavy (non-hydrogen) atoms. The molecule has 0 aromatic rings. The van der Waals surface area contributed by atoms with Crippen molar-refractivity contribution in [1.82, 2.24) is 10.2 Å². The molecule has 0 radical (unpaired) electrons. The SMILES string of the molecule is C#CCNCCN(C)CCCCC. The van der Waals surface area contributed by atoms with E-state index in [9.17, 15) is 0 Å². The average molecular weight is 182 g/mol. The summed E-state index contributed by atoms with van der Waals surface area (Å²) in [6.45, 7) is 6.20. The number of hydrogen-bond acceptors (Lipinski definition) is 2. The average Bonchev–Trinajstić information content (AvgIpc) is 2.13. The van der Waals surface area contributed by atoms with Gasteiger partial charge in [-0.3, -0.25) is 0 Å². The summed E-state index contributed by atoms with van der Waals surface area (Å²) >= 11 is 0. The van der Waals surface area contributed by atoms with Crippen molar-refractivity contribution in [2.45, 2.75) is 26.2 Å². The van der Waals surface area contributed by atoms with E-state index in [-0.39, 0.29) is 0 Å². The molecule has 1 N–H and O–H groups in total. The van der Waals surface area contributed by atoms with Gasteiger partial charge in [0.25, 0.3) is 0 Å². The third-order valence-corrected chi connectivity index (χ3v) is 2.04. The highest BCUT2D eigenvalue weighted by molar-refractivity contribution is 4.86. The molecule has 0 aliphatic heterocycles. The van der Waals surface area contributed by atoms with E-state index >= 15 is 0 Å². The number of unbranched alkanes of at least 4 members (excludes halogenated alkanes) is 2. The van der Waals surface area contributed by atoms with Crippen LogP contribution < -0.4 is 5.32 Å². The summed E-state index contributed by atoms with van der Waals surface area (Å²) in [4.78, 5) is 2.35. The molecule has 2 nitrogen and oxygen atoms in total. The fourth-order valence-electron chi connectivity index (χ4n) is 1.17. The van der Waals surface area contributed by atoms with Crippen molar-refractivity contribution in [2.24, 2.45) is 0 Å². The third-order valence-electron chi connectivity index (χ3n) is 2.04. The lowest BCUT2D eigenvalue weighted by Crippen LogP contribution is -2.30. The number of hydrogen-bond donors (Lipinski definition) is 1. The molecule has 0 bridgehead atoms. The van der Waals surface area contributed by atoms with Crippen LogP contribution in [0, 0.1) is 12.3 Å². The van der Waals surface area contributed by atoms with E-state index in [1.807, 2.05) is 0 Å². The highest BCUT2D eigenvalue weighted by Crippen LogP contribution is 1.95. The maximum Gasteiger partial charge on any atom is 0.0574 e. The topological polar surface area (TPSA) is 15.3 Å². The van der Waals surface area contributed by atoms with Crippen molar-refractivity contribution < 1.29 is 0 Å². The zero-order chi connectivity index (χ0) is 9.94. The molecule has 0 spiro atoms. The van der Waals surface area contributed by atoms with Gasteiger partial charge in [0, 0.05) is 13.1 Å². The normalized spacial score (nSPS) is 10.3. The third kappa shape index (κ3) is 9.39. The van der Waals surface area contributed by atoms with Gasteiger partial charge in [0.1, 0.15) is 0 Å². The van der Waals surface area contributed by atoms with Crippen LogP contribution in [0.5, 0.6) is 0 Å². The van der Waals surface area contributed by atoms with Crippen molar-refractivity contribution in [3.8, 4) is 12.3 Å². The maximum absolute atomic E-state index is 5.12. The van der Waals surface area contributed by atoms with Crippen LogP contribution >= 0.6 is 0 Å². The standard InChI is InChI=1S/C11H22N2/c1-4-6-7-10-13(3)11-9-12-8-5-2/h2,12H,4,6-11H2,1,3H3. The van der Waals surface area contributed by atoms with Crippen molar-refractivity contribution in [2.75, 3.05) is 33.2 Å². The number of nitrogens with zero attached hydrogens (tertiary/aromatic N) is 1. The van der Waals surface area contributed by atoms with Crippen molar-refractivity contribution in [3.63, 3.8) is 0 Å². The van der Waals surface area contributed by atoms with E-state index in [1.54, 1.807) is 0 Å². The number of likely N-dealkylation sites (N-methyl/N-ethyl adjacent to an activating group) is 1. The van der Waals surface area contributed by atoms with Gasteiger partial charge in [-0.1, -0.05) is 25.7 Å². The second kappa shape index (κ2) is 9.57. The Hall–Kier alpha value is -0.520. The molecular formula is C11H22N2. The van der Waals surface area contributed by atoms with Gasteiger partial charge in [-0.25, -0.2) is 0 Å². The molecule has 76 valence electrons. The Labute approximate surface area is 82.7 Å². The quantitative estimate of drug-likeness (QED) is 0.450. The first-order valence-corrected chi connectivity index (χ1v) is 5.14. The van der Waals surface area contributed by atoms with Crippen LogP contribution in [0.25, 0.3) is 0 Å². The van der Waals surface area contributed by atoms with Gasteiger partial charge in [-0.15, -0.1) is 6.42 Å². The molecule has 2 heteroatoms. The molecule has 0 saturated carbocycles. The maximum atomic E-state index is 5.12. The van der Waals surface area contributed by atoms with E-state index in [0.717, 1.165) is 13.1 Å². The predicted molar refractivity (Wildman–Crippen MR) is 58.7 cm³/mol. The Balaban J connectivity index is 3.11. The Kier molecular flexibility index (Phi) is 9.18. The number of nitrogens with one attached hydrogen (secondary N) is 1. The van der Waals surface area contributed by atoms with Crippen LogP contribution in [-0.4, -0.2) is 38.1 Å². The van der Waals surface area contributed by atoms with Crippen molar-refractivity contribution in [1.29, 1.82) is 0 Å². The van der Waals surface area contributed by atoms with Crippen LogP contribution in [0.3, 0.4) is 0 Å². The van der Waals surface area contributed by atoms with Crippen molar-refractivity contribution >= 4 is 0 Å². The minimum Gasteiger partial charge on any atom is -0.305 e. The van der Waals surface area contributed by atoms with Crippen LogP contribution in [0.15, 0.2) is 0 Å². The van der Waals surface area contributed by atoms with Gasteiger partial charge in [0.15, 0.2) is 0 Å². The Morgan fingerprint density at radius 3 is 2.69 bits per heavy atom. The first kappa shape index (κ1) is 12.5. The smallest absolute Gasteiger partial charge is 0.0574 e. The lowest BCUT2D eigenvalue weighted by atomic mass is 10.2. The largest absolute Gasteiger partial charge is 0.305 e. The first-order valence-electron chi connectivity index (χ1n) is 5.14. The molecule has 0 aromatic heterocycles. The summed E-state index contributed by atoms with van der Waals surface area (Å²) in [5.74, 6) is 2.56. The van der Waals surface area contributed by atoms with Gasteiger partial charge < -0.3 is 10.2 Å². The molecule has 0 saturated heterocycles. The van der Waals surface area contributed by atoms with Gasteiger partial charge in [0.05, 0.1) is 6.54 Å². The summed E-state index contributed by atoms with van der Waals surface area (Å²) in [5, 5.41) is 3.18. The van der Waals surface area contributed by atoms with Gasteiger partial charge in [0.2, 0.25) is 0 Å². The van der Waals surface area contributed by atoms with Gasteiger partial charge in [-0.2, -0.15) is 0 Å². The lowest BCUT2D eigenvalue weighted by Gasteiger charge is -2.15. The molecule has 0 fully saturated rings. The van der Waals surface area contributed by atoms with Gasteiger partial charge >= 0.3 is 0 Å². The summed E-state index contributed by atoms with van der Waals surface area (Å²) < 4.78 is 0. The molecule has 0 aliphatic carbocycles. The Bertz CT molecular complexity index is 138. The molecule has 0 aromatic carbocycles. The zero-order valence-electron chi connectivity index (χ0n) is 8.97. The fraction of sp³-hybridized carbons (Fsp3) is 0.818. The summed E-state index contributed by atoms with van der Waals surface area (Å²) in [6, 6.07) is 0.